The summed E-state index contributed by atoms with van der Waals surface area (Å²) in [6.45, 7) is 3.52. The molecule has 0 bridgehead atoms. The lowest BCUT2D eigenvalue weighted by atomic mass is 10.1. The van der Waals surface area contributed by atoms with E-state index >= 15 is 0 Å². The lowest BCUT2D eigenvalue weighted by Crippen LogP contribution is -2.29. The first-order chi connectivity index (χ1) is 14.5. The predicted octanol–water partition coefficient (Wildman–Crippen LogP) is 5.37. The van der Waals surface area contributed by atoms with Crippen molar-refractivity contribution >= 4 is 23.6 Å². The van der Waals surface area contributed by atoms with Crippen LogP contribution in [0, 0.1) is 6.92 Å². The number of nitrogens with one attached hydrogen (secondary N) is 1. The molecule has 3 aromatic carbocycles. The topological polar surface area (TPSA) is 64.6 Å². The van der Waals surface area contributed by atoms with Crippen molar-refractivity contribution in [2.24, 2.45) is 0 Å². The quantitative estimate of drug-likeness (QED) is 0.427. The molecule has 152 valence electrons. The maximum atomic E-state index is 12.3. The van der Waals surface area contributed by atoms with E-state index in [9.17, 15) is 9.59 Å². The highest BCUT2D eigenvalue weighted by Gasteiger charge is 2.16. The molecular formula is C25H23NO4. The molecule has 5 heteroatoms. The van der Waals surface area contributed by atoms with Gasteiger partial charge in [0.15, 0.2) is 6.10 Å². The Morgan fingerprint density at radius 1 is 0.867 bits per heavy atom. The van der Waals surface area contributed by atoms with Crippen LogP contribution >= 0.6 is 0 Å². The third kappa shape index (κ3) is 6.34. The van der Waals surface area contributed by atoms with Gasteiger partial charge in [-0.2, -0.15) is 0 Å². The molecule has 1 atom stereocenters. The summed E-state index contributed by atoms with van der Waals surface area (Å²) >= 11 is 0. The largest absolute Gasteiger partial charge is 0.457 e. The van der Waals surface area contributed by atoms with Crippen LogP contribution < -0.4 is 10.1 Å². The summed E-state index contributed by atoms with van der Waals surface area (Å²) in [5.41, 5.74) is 2.60. The highest BCUT2D eigenvalue weighted by atomic mass is 16.5. The Kier molecular flexibility index (Phi) is 7.00. The minimum Gasteiger partial charge on any atom is -0.457 e. The fourth-order valence-electron chi connectivity index (χ4n) is 2.58. The van der Waals surface area contributed by atoms with Crippen molar-refractivity contribution < 1.29 is 19.1 Å². The summed E-state index contributed by atoms with van der Waals surface area (Å²) in [4.78, 5) is 24.3. The molecule has 0 fully saturated rings. The van der Waals surface area contributed by atoms with Crippen molar-refractivity contribution in [3.8, 4) is 11.5 Å². The minimum atomic E-state index is -0.930. The van der Waals surface area contributed by atoms with E-state index in [-0.39, 0.29) is 0 Å². The van der Waals surface area contributed by atoms with Crippen molar-refractivity contribution in [3.63, 3.8) is 0 Å². The molecule has 0 aliphatic rings. The zero-order valence-electron chi connectivity index (χ0n) is 16.9. The van der Waals surface area contributed by atoms with Gasteiger partial charge >= 0.3 is 5.97 Å². The third-order valence-electron chi connectivity index (χ3n) is 4.25. The van der Waals surface area contributed by atoms with Gasteiger partial charge in [0.2, 0.25) is 0 Å². The van der Waals surface area contributed by atoms with Crippen LogP contribution in [0.5, 0.6) is 11.5 Å². The van der Waals surface area contributed by atoms with Gasteiger partial charge in [0.1, 0.15) is 11.5 Å². The Morgan fingerprint density at radius 3 is 2.17 bits per heavy atom. The molecule has 0 unspecified atom stereocenters. The van der Waals surface area contributed by atoms with Gasteiger partial charge in [0.25, 0.3) is 5.91 Å². The zero-order valence-corrected chi connectivity index (χ0v) is 16.9. The minimum absolute atomic E-state index is 0.413. The molecule has 5 nitrogen and oxygen atoms in total. The maximum absolute atomic E-state index is 12.3. The highest BCUT2D eigenvalue weighted by Crippen LogP contribution is 2.22. The van der Waals surface area contributed by atoms with Gasteiger partial charge in [-0.1, -0.05) is 48.0 Å². The molecule has 0 radical (unpaired) electrons. The fourth-order valence-corrected chi connectivity index (χ4v) is 2.58. The fraction of sp³-hybridized carbons (Fsp3) is 0.120. The number of hydrogen-bond acceptors (Lipinski definition) is 4. The van der Waals surface area contributed by atoms with Crippen molar-refractivity contribution in [2.45, 2.75) is 20.0 Å². The number of para-hydroxylation sites is 1. The van der Waals surface area contributed by atoms with E-state index in [2.05, 4.69) is 5.32 Å². The van der Waals surface area contributed by atoms with E-state index in [4.69, 9.17) is 9.47 Å². The summed E-state index contributed by atoms with van der Waals surface area (Å²) < 4.78 is 10.9. The van der Waals surface area contributed by atoms with E-state index in [0.29, 0.717) is 11.4 Å². The Balaban J connectivity index is 1.49. The molecule has 0 heterocycles. The van der Waals surface area contributed by atoms with Gasteiger partial charge in [0.05, 0.1) is 0 Å². The molecule has 3 rings (SSSR count). The molecule has 0 spiro atoms. The second-order valence-electron chi connectivity index (χ2n) is 6.75. The van der Waals surface area contributed by atoms with E-state index in [1.807, 2.05) is 61.5 Å². The van der Waals surface area contributed by atoms with Crippen molar-refractivity contribution in [2.75, 3.05) is 5.32 Å². The number of carbonyl (C=O) groups is 2. The number of benzene rings is 3. The number of anilines is 1. The lowest BCUT2D eigenvalue weighted by molar-refractivity contribution is -0.148. The summed E-state index contributed by atoms with van der Waals surface area (Å²) in [6.07, 6.45) is 2.03. The van der Waals surface area contributed by atoms with Crippen molar-refractivity contribution in [1.29, 1.82) is 0 Å². The van der Waals surface area contributed by atoms with Crippen LogP contribution in [0.4, 0.5) is 5.69 Å². The van der Waals surface area contributed by atoms with Gasteiger partial charge in [-0.05, 0) is 61.9 Å². The summed E-state index contributed by atoms with van der Waals surface area (Å²) in [5.74, 6) is 0.391. The van der Waals surface area contributed by atoms with Crippen LogP contribution in [0.25, 0.3) is 6.08 Å². The average molecular weight is 401 g/mol. The van der Waals surface area contributed by atoms with Crippen molar-refractivity contribution in [1.82, 2.24) is 0 Å². The summed E-state index contributed by atoms with van der Waals surface area (Å²) in [6, 6.07) is 24.1. The Morgan fingerprint density at radius 2 is 1.50 bits per heavy atom. The molecule has 0 saturated heterocycles. The van der Waals surface area contributed by atoms with Crippen LogP contribution in [0.2, 0.25) is 0 Å². The standard InChI is InChI=1S/C25H23NO4/c1-18-8-10-20(11-9-18)12-17-24(27)29-19(2)25(28)26-21-13-15-23(16-14-21)30-22-6-4-3-5-7-22/h3-17,19H,1-2H3,(H,26,28)/b17-12+/t19-/m1/s1. The van der Waals surface area contributed by atoms with Crippen LogP contribution in [-0.2, 0) is 14.3 Å². The Hall–Kier alpha value is -3.86. The predicted molar refractivity (Wildman–Crippen MR) is 117 cm³/mol. The van der Waals surface area contributed by atoms with E-state index < -0.39 is 18.0 Å². The number of hydrogen-bond donors (Lipinski definition) is 1. The zero-order chi connectivity index (χ0) is 21.3. The molecule has 0 aromatic heterocycles. The number of carbonyl (C=O) groups excluding carboxylic acids is 2. The second-order valence-corrected chi connectivity index (χ2v) is 6.75. The third-order valence-corrected chi connectivity index (χ3v) is 4.25. The highest BCUT2D eigenvalue weighted by molar-refractivity contribution is 5.96. The normalized spacial score (nSPS) is 11.7. The number of aryl methyl sites for hydroxylation is 1. The number of esters is 1. The number of rotatable bonds is 7. The number of amides is 1. The average Bonchev–Trinajstić information content (AvgIpc) is 2.75. The van der Waals surface area contributed by atoms with E-state index in [1.165, 1.54) is 13.0 Å². The molecule has 30 heavy (non-hydrogen) atoms. The molecule has 0 aliphatic heterocycles. The van der Waals surface area contributed by atoms with Crippen LogP contribution in [0.1, 0.15) is 18.1 Å². The van der Waals surface area contributed by atoms with Gasteiger partial charge in [-0.15, -0.1) is 0 Å². The maximum Gasteiger partial charge on any atom is 0.331 e. The van der Waals surface area contributed by atoms with Crippen molar-refractivity contribution in [3.05, 3.63) is 96.1 Å². The smallest absolute Gasteiger partial charge is 0.331 e. The van der Waals surface area contributed by atoms with E-state index in [1.54, 1.807) is 30.3 Å². The van der Waals surface area contributed by atoms with Crippen LogP contribution in [-0.4, -0.2) is 18.0 Å². The van der Waals surface area contributed by atoms with Crippen LogP contribution in [0.3, 0.4) is 0 Å². The lowest BCUT2D eigenvalue weighted by Gasteiger charge is -2.13. The molecule has 0 aliphatic carbocycles. The molecule has 1 N–H and O–H groups in total. The molecule has 1 amide bonds. The second kappa shape index (κ2) is 10.1. The number of ether oxygens (including phenoxy) is 2. The Bertz CT molecular complexity index is 1010. The van der Waals surface area contributed by atoms with Gasteiger partial charge in [0, 0.05) is 11.8 Å². The van der Waals surface area contributed by atoms with Crippen LogP contribution in [0.15, 0.2) is 84.9 Å². The molecule has 0 saturated carbocycles. The Labute approximate surface area is 176 Å². The summed E-state index contributed by atoms with van der Waals surface area (Å²) in [5, 5.41) is 2.72. The van der Waals surface area contributed by atoms with E-state index in [0.717, 1.165) is 16.9 Å². The van der Waals surface area contributed by atoms with Gasteiger partial charge < -0.3 is 14.8 Å². The van der Waals surface area contributed by atoms with Gasteiger partial charge in [-0.25, -0.2) is 4.79 Å². The monoisotopic (exact) mass is 401 g/mol. The first kappa shape index (κ1) is 20.9. The SMILES string of the molecule is Cc1ccc(/C=C/C(=O)O[C@H](C)C(=O)Nc2ccc(Oc3ccccc3)cc2)cc1. The van der Waals surface area contributed by atoms with Gasteiger partial charge in [-0.3, -0.25) is 4.79 Å². The first-order valence-corrected chi connectivity index (χ1v) is 9.59. The molecular weight excluding hydrogens is 378 g/mol. The summed E-state index contributed by atoms with van der Waals surface area (Å²) in [7, 11) is 0. The first-order valence-electron chi connectivity index (χ1n) is 9.59. The molecule has 3 aromatic rings.